The largest absolute Gasteiger partial charge is 0.327 e. The molecule has 0 aromatic carbocycles. The number of nitrogens with two attached hydrogens (primary N) is 1. The van der Waals surface area contributed by atoms with Gasteiger partial charge >= 0.3 is 0 Å². The Labute approximate surface area is 118 Å². The van der Waals surface area contributed by atoms with Gasteiger partial charge in [-0.3, -0.25) is 4.98 Å². The van der Waals surface area contributed by atoms with E-state index in [9.17, 15) is 0 Å². The minimum atomic E-state index is 0.168. The Morgan fingerprint density at radius 1 is 1.37 bits per heavy atom. The zero-order valence-electron chi connectivity index (χ0n) is 11.5. The van der Waals surface area contributed by atoms with Crippen LogP contribution in [-0.4, -0.2) is 20.8 Å². The maximum atomic E-state index is 6.17. The Hall–Kier alpha value is -1.39. The topological polar surface area (TPSA) is 56.7 Å². The van der Waals surface area contributed by atoms with Crippen molar-refractivity contribution in [1.29, 1.82) is 0 Å². The molecule has 0 aliphatic carbocycles. The van der Waals surface area contributed by atoms with E-state index in [0.717, 1.165) is 35.5 Å². The van der Waals surface area contributed by atoms with Gasteiger partial charge in [0.25, 0.3) is 0 Å². The summed E-state index contributed by atoms with van der Waals surface area (Å²) in [6.07, 6.45) is 5.42. The molecule has 102 valence electrons. The lowest BCUT2D eigenvalue weighted by Gasteiger charge is -2.10. The van der Waals surface area contributed by atoms with E-state index in [4.69, 9.17) is 17.3 Å². The summed E-state index contributed by atoms with van der Waals surface area (Å²) in [6.45, 7) is 5.94. The smallest absolute Gasteiger partial charge is 0.0848 e. The molecule has 0 saturated heterocycles. The van der Waals surface area contributed by atoms with E-state index >= 15 is 0 Å². The van der Waals surface area contributed by atoms with Crippen LogP contribution in [0.15, 0.2) is 18.5 Å². The number of hydrogen-bond acceptors (Lipinski definition) is 3. The predicted molar refractivity (Wildman–Crippen MR) is 77.8 cm³/mol. The molecular formula is C14H19ClN4. The van der Waals surface area contributed by atoms with Crippen LogP contribution in [0.5, 0.6) is 0 Å². The van der Waals surface area contributed by atoms with Gasteiger partial charge in [-0.2, -0.15) is 5.10 Å². The Bertz CT molecular complexity index is 577. The summed E-state index contributed by atoms with van der Waals surface area (Å²) in [4.78, 5) is 4.27. The van der Waals surface area contributed by atoms with Crippen LogP contribution in [0, 0.1) is 13.8 Å². The van der Waals surface area contributed by atoms with Gasteiger partial charge in [0.2, 0.25) is 0 Å². The average molecular weight is 279 g/mol. The molecule has 2 aromatic rings. The van der Waals surface area contributed by atoms with E-state index in [1.54, 1.807) is 6.20 Å². The molecule has 0 saturated carbocycles. The van der Waals surface area contributed by atoms with Gasteiger partial charge in [-0.25, -0.2) is 4.68 Å². The molecule has 0 radical (unpaired) electrons. The molecule has 0 spiro atoms. The number of aromatic nitrogens is 3. The molecule has 2 heterocycles. The summed E-state index contributed by atoms with van der Waals surface area (Å²) in [7, 11) is 0. The second kappa shape index (κ2) is 5.72. The maximum absolute atomic E-state index is 6.17. The van der Waals surface area contributed by atoms with Crippen molar-refractivity contribution in [3.63, 3.8) is 0 Å². The number of hydrogen-bond donors (Lipinski definition) is 1. The monoisotopic (exact) mass is 278 g/mol. The molecular weight excluding hydrogens is 260 g/mol. The molecule has 0 aliphatic heterocycles. The molecule has 0 fully saturated rings. The van der Waals surface area contributed by atoms with E-state index in [-0.39, 0.29) is 6.04 Å². The van der Waals surface area contributed by atoms with Gasteiger partial charge < -0.3 is 5.73 Å². The Morgan fingerprint density at radius 3 is 2.68 bits per heavy atom. The number of pyridine rings is 1. The quantitative estimate of drug-likeness (QED) is 0.936. The van der Waals surface area contributed by atoms with Crippen molar-refractivity contribution in [3.05, 3.63) is 40.4 Å². The van der Waals surface area contributed by atoms with Crippen molar-refractivity contribution < 1.29 is 0 Å². The molecule has 2 N–H and O–H groups in total. The molecule has 5 heteroatoms. The number of nitrogens with zero attached hydrogens (tertiary/aromatic N) is 3. The summed E-state index contributed by atoms with van der Waals surface area (Å²) in [5.41, 5.74) is 9.78. The van der Waals surface area contributed by atoms with E-state index in [1.807, 2.05) is 24.7 Å². The van der Waals surface area contributed by atoms with E-state index < -0.39 is 0 Å². The number of aryl methyl sites for hydroxylation is 1. The lowest BCUT2D eigenvalue weighted by molar-refractivity contribution is 0.644. The highest BCUT2D eigenvalue weighted by Gasteiger charge is 2.11. The maximum Gasteiger partial charge on any atom is 0.0848 e. The van der Waals surface area contributed by atoms with Crippen LogP contribution in [0.1, 0.15) is 30.3 Å². The molecule has 0 bridgehead atoms. The zero-order chi connectivity index (χ0) is 14.0. The summed E-state index contributed by atoms with van der Waals surface area (Å²) >= 11 is 6.17. The van der Waals surface area contributed by atoms with Crippen LogP contribution in [0.4, 0.5) is 0 Å². The van der Waals surface area contributed by atoms with Crippen molar-refractivity contribution in [1.82, 2.24) is 14.8 Å². The number of rotatable bonds is 4. The summed E-state index contributed by atoms with van der Waals surface area (Å²) < 4.78 is 1.83. The summed E-state index contributed by atoms with van der Waals surface area (Å²) in [5.74, 6) is 0. The van der Waals surface area contributed by atoms with Gasteiger partial charge in [-0.15, -0.1) is 0 Å². The first-order chi connectivity index (χ1) is 9.02. The Balaban J connectivity index is 2.35. The lowest BCUT2D eigenvalue weighted by Crippen LogP contribution is -2.21. The third-order valence-electron chi connectivity index (χ3n) is 3.25. The molecule has 2 rings (SSSR count). The third kappa shape index (κ3) is 2.96. The van der Waals surface area contributed by atoms with Gasteiger partial charge in [0.05, 0.1) is 28.3 Å². The summed E-state index contributed by atoms with van der Waals surface area (Å²) in [6, 6.07) is 2.24. The second-order valence-corrected chi connectivity index (χ2v) is 5.20. The van der Waals surface area contributed by atoms with Gasteiger partial charge in [0, 0.05) is 12.2 Å². The van der Waals surface area contributed by atoms with Crippen LogP contribution in [-0.2, 0) is 6.42 Å². The molecule has 2 aromatic heterocycles. The van der Waals surface area contributed by atoms with Crippen molar-refractivity contribution in [3.8, 4) is 5.69 Å². The fourth-order valence-corrected chi connectivity index (χ4v) is 2.14. The molecule has 19 heavy (non-hydrogen) atoms. The number of halogens is 1. The first kappa shape index (κ1) is 14.0. The standard InChI is InChI=1S/C14H19ClN4/c1-4-12(16)5-11-6-13(8-17-7-11)19-10(3)14(15)9(2)18-19/h6-8,12H,4-5,16H2,1-3H3. The van der Waals surface area contributed by atoms with Gasteiger partial charge in [0.15, 0.2) is 0 Å². The minimum absolute atomic E-state index is 0.168. The Kier molecular flexibility index (Phi) is 4.22. The molecule has 0 amide bonds. The highest BCUT2D eigenvalue weighted by Crippen LogP contribution is 2.22. The first-order valence-corrected chi connectivity index (χ1v) is 6.82. The van der Waals surface area contributed by atoms with Crippen molar-refractivity contribution in [2.24, 2.45) is 5.73 Å². The molecule has 4 nitrogen and oxygen atoms in total. The van der Waals surface area contributed by atoms with E-state index in [2.05, 4.69) is 23.1 Å². The van der Waals surface area contributed by atoms with Crippen LogP contribution < -0.4 is 5.73 Å². The van der Waals surface area contributed by atoms with Gasteiger partial charge in [-0.1, -0.05) is 18.5 Å². The van der Waals surface area contributed by atoms with E-state index in [1.165, 1.54) is 0 Å². The van der Waals surface area contributed by atoms with Gasteiger partial charge in [0.1, 0.15) is 0 Å². The van der Waals surface area contributed by atoms with Crippen LogP contribution in [0.3, 0.4) is 0 Å². The zero-order valence-corrected chi connectivity index (χ0v) is 12.3. The van der Waals surface area contributed by atoms with Crippen molar-refractivity contribution in [2.45, 2.75) is 39.7 Å². The first-order valence-electron chi connectivity index (χ1n) is 6.44. The van der Waals surface area contributed by atoms with Crippen molar-refractivity contribution >= 4 is 11.6 Å². The third-order valence-corrected chi connectivity index (χ3v) is 3.80. The highest BCUT2D eigenvalue weighted by molar-refractivity contribution is 6.31. The summed E-state index contributed by atoms with van der Waals surface area (Å²) in [5, 5.41) is 5.14. The molecule has 0 aliphatic rings. The minimum Gasteiger partial charge on any atom is -0.327 e. The average Bonchev–Trinajstić information content (AvgIpc) is 2.67. The fraction of sp³-hybridized carbons (Fsp3) is 0.429. The molecule has 1 unspecified atom stereocenters. The highest BCUT2D eigenvalue weighted by atomic mass is 35.5. The lowest BCUT2D eigenvalue weighted by atomic mass is 10.1. The Morgan fingerprint density at radius 2 is 2.11 bits per heavy atom. The normalized spacial score (nSPS) is 12.7. The molecule has 1 atom stereocenters. The van der Waals surface area contributed by atoms with Crippen LogP contribution in [0.2, 0.25) is 5.02 Å². The van der Waals surface area contributed by atoms with Gasteiger partial charge in [-0.05, 0) is 38.3 Å². The SMILES string of the molecule is CCC(N)Cc1cncc(-n2nc(C)c(Cl)c2C)c1. The van der Waals surface area contributed by atoms with Crippen molar-refractivity contribution in [2.75, 3.05) is 0 Å². The van der Waals surface area contributed by atoms with Crippen LogP contribution >= 0.6 is 11.6 Å². The fourth-order valence-electron chi connectivity index (χ4n) is 2.02. The van der Waals surface area contributed by atoms with Crippen LogP contribution in [0.25, 0.3) is 5.69 Å². The predicted octanol–water partition coefficient (Wildman–Crippen LogP) is 2.82. The van der Waals surface area contributed by atoms with E-state index in [0.29, 0.717) is 5.02 Å². The second-order valence-electron chi connectivity index (χ2n) is 4.82.